The number of anilines is 1. The van der Waals surface area contributed by atoms with Crippen LogP contribution in [0.3, 0.4) is 0 Å². The molecule has 1 aliphatic carbocycles. The summed E-state index contributed by atoms with van der Waals surface area (Å²) >= 11 is 4.91. The maximum atomic E-state index is 13.2. The normalized spacial score (nSPS) is 19.4. The maximum absolute atomic E-state index is 13.2. The Morgan fingerprint density at radius 3 is 2.74 bits per heavy atom. The Labute approximate surface area is 303 Å². The van der Waals surface area contributed by atoms with E-state index in [1.54, 1.807) is 6.20 Å². The van der Waals surface area contributed by atoms with Gasteiger partial charge in [-0.15, -0.1) is 28.2 Å². The number of nitrogen functional groups attached to an aromatic ring is 1. The van der Waals surface area contributed by atoms with Gasteiger partial charge in [0.15, 0.2) is 28.7 Å². The number of aliphatic carboxylic acids is 1. The average Bonchev–Trinajstić information content (AvgIpc) is 3.62. The Hall–Kier alpha value is -1.94. The van der Waals surface area contributed by atoms with Gasteiger partial charge < -0.3 is 36.1 Å². The van der Waals surface area contributed by atoms with Crippen LogP contribution in [0.25, 0.3) is 0 Å². The van der Waals surface area contributed by atoms with E-state index < -0.39 is 52.7 Å². The second-order valence-electron chi connectivity index (χ2n) is 8.56. The zero-order valence-corrected chi connectivity index (χ0v) is 29.7. The summed E-state index contributed by atoms with van der Waals surface area (Å²) in [6.07, 6.45) is 2.23. The number of Topliss-reactive ketones (excluding diaryl/α,β-unsaturated/α-hetero) is 1. The first kappa shape index (κ1) is 35.5. The molecule has 1 amide bonds. The van der Waals surface area contributed by atoms with E-state index in [1.165, 1.54) is 40.4 Å². The number of ketones is 1. The predicted octanol–water partition coefficient (Wildman–Crippen LogP) is -7.38. The number of hydrogen-bond acceptors (Lipinski definition) is 17. The van der Waals surface area contributed by atoms with Crippen molar-refractivity contribution in [2.45, 2.75) is 22.1 Å². The van der Waals surface area contributed by atoms with Gasteiger partial charge >= 0.3 is 59.1 Å². The van der Waals surface area contributed by atoms with E-state index in [0.717, 1.165) is 21.6 Å². The molecule has 3 atom stereocenters. The Kier molecular flexibility index (Phi) is 12.7. The van der Waals surface area contributed by atoms with Crippen molar-refractivity contribution in [2.75, 3.05) is 17.2 Å². The van der Waals surface area contributed by atoms with Crippen molar-refractivity contribution >= 4 is 74.9 Å². The molecule has 214 valence electrons. The number of amides is 1. The van der Waals surface area contributed by atoms with E-state index in [-0.39, 0.29) is 86.9 Å². The Morgan fingerprint density at radius 2 is 2.09 bits per heavy atom. The molecule has 15 nitrogen and oxygen atoms in total. The molecule has 4 N–H and O–H groups in total. The Bertz CT molecular complexity index is 1650. The number of nitrogens with zero attached hydrogens (tertiary/aromatic N) is 5. The molecule has 0 radical (unpaired) electrons. The van der Waals surface area contributed by atoms with Gasteiger partial charge in [-0.05, 0) is 28.4 Å². The first-order chi connectivity index (χ1) is 19.6. The molecule has 3 aromatic heterocycles. The number of aromatic nitrogens is 4. The molecule has 1 saturated carbocycles. The summed E-state index contributed by atoms with van der Waals surface area (Å²) in [5, 5.41) is 44.3. The average molecular weight is 682 g/mol. The van der Waals surface area contributed by atoms with Gasteiger partial charge in [0.1, 0.15) is 21.6 Å². The number of rotatable bonds is 10. The Morgan fingerprint density at radius 1 is 1.33 bits per heavy atom. The van der Waals surface area contributed by atoms with Crippen molar-refractivity contribution in [3.05, 3.63) is 56.6 Å². The number of nitrogens with two attached hydrogens (primary N) is 1. The molecule has 4 heterocycles. The maximum Gasteiger partial charge on any atom is 1.00 e. The summed E-state index contributed by atoms with van der Waals surface area (Å²) in [6, 6.07) is -0.157. The number of thioether (sulfide) groups is 2. The van der Waals surface area contributed by atoms with E-state index >= 15 is 0 Å². The number of pyridine rings is 1. The molecular weight excluding hydrogens is 665 g/mol. The predicted molar refractivity (Wildman–Crippen MR) is 145 cm³/mol. The fourth-order valence-electron chi connectivity index (χ4n) is 4.14. The summed E-state index contributed by atoms with van der Waals surface area (Å²) in [6.45, 7) is -0.497. The van der Waals surface area contributed by atoms with Gasteiger partial charge in [-0.2, -0.15) is 16.5 Å². The number of carbonyl (C=O) groups is 3. The van der Waals surface area contributed by atoms with Crippen LogP contribution in [-0.4, -0.2) is 70.7 Å². The summed E-state index contributed by atoms with van der Waals surface area (Å²) < 4.78 is 4.97. The van der Waals surface area contributed by atoms with E-state index in [1.807, 2.05) is 0 Å². The van der Waals surface area contributed by atoms with Crippen LogP contribution in [0.2, 0.25) is 0 Å². The number of carboxylic acids is 1. The van der Waals surface area contributed by atoms with Gasteiger partial charge in [0.2, 0.25) is 0 Å². The van der Waals surface area contributed by atoms with Crippen molar-refractivity contribution in [2.24, 2.45) is 11.1 Å². The number of fused-ring (bicyclic) bond motifs is 1. The van der Waals surface area contributed by atoms with Crippen LogP contribution in [0.1, 0.15) is 11.4 Å². The fraction of sp³-hybridized carbons (Fsp3) is 0.273. The fourth-order valence-corrected chi connectivity index (χ4v) is 7.77. The molecule has 43 heavy (non-hydrogen) atoms. The third-order valence-electron chi connectivity index (χ3n) is 6.07. The van der Waals surface area contributed by atoms with E-state index in [2.05, 4.69) is 25.0 Å². The molecule has 0 aromatic carbocycles. The molecule has 0 saturated heterocycles. The van der Waals surface area contributed by atoms with E-state index in [0.29, 0.717) is 28.0 Å². The third kappa shape index (κ3) is 7.84. The van der Waals surface area contributed by atoms with Crippen molar-refractivity contribution in [3.63, 3.8) is 0 Å². The van der Waals surface area contributed by atoms with Gasteiger partial charge in [0.05, 0.1) is 18.1 Å². The summed E-state index contributed by atoms with van der Waals surface area (Å²) in [5.41, 5.74) is 4.87. The number of thiazole rings is 1. The molecular formula is C22H17N7Na2O8S4. The molecule has 1 aliphatic heterocycles. The van der Waals surface area contributed by atoms with Crippen molar-refractivity contribution < 1.29 is 93.8 Å². The van der Waals surface area contributed by atoms with Gasteiger partial charge in [-0.3, -0.25) is 14.4 Å². The first-order valence-electron chi connectivity index (χ1n) is 11.5. The van der Waals surface area contributed by atoms with E-state index in [4.69, 9.17) is 10.6 Å². The van der Waals surface area contributed by atoms with Gasteiger partial charge in [-0.1, -0.05) is 9.64 Å². The summed E-state index contributed by atoms with van der Waals surface area (Å²) in [5.74, 6) is -4.00. The number of oxime groups is 1. The third-order valence-corrected chi connectivity index (χ3v) is 10.1. The summed E-state index contributed by atoms with van der Waals surface area (Å²) in [7, 11) is 0. The van der Waals surface area contributed by atoms with Crippen LogP contribution in [-0.2, 0) is 25.8 Å². The van der Waals surface area contributed by atoms with Crippen LogP contribution in [0.15, 0.2) is 49.1 Å². The largest absolute Gasteiger partial charge is 1.00 e. The van der Waals surface area contributed by atoms with Crippen LogP contribution in [0.5, 0.6) is 5.75 Å². The second-order valence-corrected chi connectivity index (χ2v) is 12.7. The van der Waals surface area contributed by atoms with Crippen molar-refractivity contribution in [1.82, 2.24) is 24.6 Å². The van der Waals surface area contributed by atoms with Crippen LogP contribution in [0, 0.1) is 5.92 Å². The molecule has 1 unspecified atom stereocenters. The number of carboxylic acid groups (broad SMARTS) is 1. The van der Waals surface area contributed by atoms with Gasteiger partial charge in [0.25, 0.3) is 5.91 Å². The first-order valence-corrected chi connectivity index (χ1v) is 15.2. The molecule has 0 spiro atoms. The van der Waals surface area contributed by atoms with Crippen molar-refractivity contribution in [3.8, 4) is 5.75 Å². The minimum Gasteiger partial charge on any atom is -0.869 e. The van der Waals surface area contributed by atoms with Crippen LogP contribution in [0.4, 0.5) is 5.13 Å². The molecule has 1 fully saturated rings. The minimum absolute atomic E-state index is 0. The molecule has 2 aliphatic rings. The smallest absolute Gasteiger partial charge is 0.869 e. The number of carbonyl (C=O) groups excluding carboxylic acids is 3. The van der Waals surface area contributed by atoms with Crippen LogP contribution >= 0.6 is 46.4 Å². The summed E-state index contributed by atoms with van der Waals surface area (Å²) in [4.78, 5) is 59.2. The number of nitrogens with one attached hydrogen (secondary N) is 1. The van der Waals surface area contributed by atoms with Crippen molar-refractivity contribution in [1.29, 1.82) is 0 Å². The Balaban J connectivity index is 0.00000253. The second kappa shape index (κ2) is 15.4. The molecule has 0 bridgehead atoms. The SMILES string of the molecule is Nc1nc(/C(=N\OCc2cc(=O)c([O-])cn2O)C(=O)N[C@@H]2C(=O)C3C(C(=O)[O-])=C(CSc4cnns4)CS[C@@H]32)cs1.[Na+].[Na+]. The molecule has 21 heteroatoms. The standard InChI is InChI=1S/C22H19N7O8S4.2Na/c23-22-25-10(7-40-22)16(27-37-4-9-1-11(30)12(31)3-29(9)36)20(33)26-17-18(32)15-14(21(34)35)8(6-39-19(15)17)5-38-13-2-24-28-41-13;;/h1-3,7,15,17,19,31,36H,4-6H2,(H2,23,25)(H,26,33)(H,34,35);;/q;2*+1/p-2/b27-16+;;/t15?,17-,19+;;/m1../s1. The van der Waals surface area contributed by atoms with Gasteiger partial charge in [-0.25, -0.2) is 4.98 Å². The monoisotopic (exact) mass is 681 g/mol. The quantitative estimate of drug-likeness (QED) is 0.0593. The molecule has 3 aromatic rings. The number of hydrogen-bond donors (Lipinski definition) is 3. The zero-order chi connectivity index (χ0) is 29.3. The molecule has 5 rings (SSSR count). The topological polar surface area (TPSA) is 238 Å². The van der Waals surface area contributed by atoms with E-state index in [9.17, 15) is 34.6 Å². The minimum atomic E-state index is -1.43. The zero-order valence-electron chi connectivity index (χ0n) is 22.4. The van der Waals surface area contributed by atoms with Gasteiger partial charge in [0, 0.05) is 34.4 Å². The van der Waals surface area contributed by atoms with Crippen LogP contribution < -0.4 is 85.8 Å².